The summed E-state index contributed by atoms with van der Waals surface area (Å²) in [6, 6.07) is 0. The van der Waals surface area contributed by atoms with Gasteiger partial charge in [0.25, 0.3) is 0 Å². The van der Waals surface area contributed by atoms with Gasteiger partial charge in [-0.15, -0.1) is 0 Å². The Morgan fingerprint density at radius 3 is 0.692 bits per heavy atom. The lowest BCUT2D eigenvalue weighted by Crippen LogP contribution is -1.85. The molecule has 0 aliphatic heterocycles. The van der Waals surface area contributed by atoms with Crippen molar-refractivity contribution in [2.24, 2.45) is 0 Å². The zero-order chi connectivity index (χ0) is 10.9. The van der Waals surface area contributed by atoms with Gasteiger partial charge in [0, 0.05) is 14.2 Å². The predicted octanol–water partition coefficient (Wildman–Crippen LogP) is 4.66. The van der Waals surface area contributed by atoms with Gasteiger partial charge in [0.15, 0.2) is 0 Å². The largest absolute Gasteiger partial charge is 0.388 e. The van der Waals surface area contributed by atoms with Gasteiger partial charge >= 0.3 is 0 Å². The van der Waals surface area contributed by atoms with Crippen LogP contribution >= 0.6 is 0 Å². The Hall–Kier alpha value is -0.0400. The minimum Gasteiger partial charge on any atom is -0.388 e. The zero-order valence-corrected chi connectivity index (χ0v) is 10.7. The molecule has 0 N–H and O–H groups in total. The van der Waals surface area contributed by atoms with Crippen molar-refractivity contribution in [1.29, 1.82) is 0 Å². The van der Waals surface area contributed by atoms with Gasteiger partial charge in [0.05, 0.1) is 0 Å². The van der Waals surface area contributed by atoms with Gasteiger partial charge in [-0.2, -0.15) is 0 Å². The zero-order valence-electron chi connectivity index (χ0n) is 10.7. The average molecular weight is 190 g/mol. The van der Waals surface area contributed by atoms with Crippen LogP contribution in [-0.4, -0.2) is 14.2 Å². The summed E-state index contributed by atoms with van der Waals surface area (Å²) in [4.78, 5) is 0. The van der Waals surface area contributed by atoms with Crippen LogP contribution in [0.15, 0.2) is 0 Å². The molecule has 0 aromatic heterocycles. The van der Waals surface area contributed by atoms with Gasteiger partial charge in [-0.05, 0) is 0 Å². The molecule has 1 saturated carbocycles. The molecule has 1 nitrogen and oxygen atoms in total. The molecule has 0 heterocycles. The molecule has 0 saturated heterocycles. The first-order chi connectivity index (χ1) is 6.41. The minimum atomic E-state index is 1.50. The van der Waals surface area contributed by atoms with Crippen LogP contribution in [0.3, 0.4) is 0 Å². The minimum absolute atomic E-state index is 1.50. The summed E-state index contributed by atoms with van der Waals surface area (Å²) in [5.74, 6) is 0. The first-order valence-corrected chi connectivity index (χ1v) is 5.82. The van der Waals surface area contributed by atoms with Crippen LogP contribution in [0.4, 0.5) is 0 Å². The molecule has 0 aromatic carbocycles. The van der Waals surface area contributed by atoms with Crippen molar-refractivity contribution >= 4 is 0 Å². The highest BCUT2D eigenvalue weighted by Gasteiger charge is 1.95. The molecule has 1 aliphatic rings. The summed E-state index contributed by atoms with van der Waals surface area (Å²) < 4.78 is 4.25. The fourth-order valence-corrected chi connectivity index (χ4v) is 1.06. The molecule has 84 valence electrons. The number of hydrogen-bond donors (Lipinski definition) is 0. The molecule has 0 spiro atoms. The highest BCUT2D eigenvalue weighted by molar-refractivity contribution is 4.51. The molecule has 1 heteroatoms. The Labute approximate surface area is 85.9 Å². The van der Waals surface area contributed by atoms with Crippen LogP contribution in [0.1, 0.15) is 66.2 Å². The van der Waals surface area contributed by atoms with Crippen LogP contribution in [0, 0.1) is 0 Å². The van der Waals surface area contributed by atoms with E-state index in [1.54, 1.807) is 14.2 Å². The maximum absolute atomic E-state index is 4.25. The van der Waals surface area contributed by atoms with E-state index in [0.717, 1.165) is 0 Å². The van der Waals surface area contributed by atoms with E-state index >= 15 is 0 Å². The number of ether oxygens (including phenoxy) is 1. The number of rotatable bonds is 0. The van der Waals surface area contributed by atoms with Crippen molar-refractivity contribution in [2.45, 2.75) is 66.2 Å². The normalized spacial score (nSPS) is 13.4. The lowest BCUT2D eigenvalue weighted by molar-refractivity contribution is 0.277. The van der Waals surface area contributed by atoms with Crippen molar-refractivity contribution in [2.75, 3.05) is 14.2 Å². The van der Waals surface area contributed by atoms with E-state index in [0.29, 0.717) is 0 Å². The molecule has 0 bridgehead atoms. The Bertz CT molecular complexity index is 28.9. The molecule has 1 aliphatic carbocycles. The topological polar surface area (TPSA) is 9.23 Å². The van der Waals surface area contributed by atoms with E-state index in [1.165, 1.54) is 38.5 Å². The quantitative estimate of drug-likeness (QED) is 0.540. The first-order valence-electron chi connectivity index (χ1n) is 5.82. The molecule has 0 radical (unpaired) electrons. The molecule has 0 amide bonds. The van der Waals surface area contributed by atoms with Crippen LogP contribution in [0.25, 0.3) is 0 Å². The van der Waals surface area contributed by atoms with Crippen LogP contribution in [0.5, 0.6) is 0 Å². The Balaban J connectivity index is -0.000000124. The highest BCUT2D eigenvalue weighted by Crippen LogP contribution is 2.15. The molecule has 1 rings (SSSR count). The van der Waals surface area contributed by atoms with Crippen molar-refractivity contribution in [1.82, 2.24) is 0 Å². The third-order valence-corrected chi connectivity index (χ3v) is 1.50. The molecule has 1 fully saturated rings. The van der Waals surface area contributed by atoms with Crippen molar-refractivity contribution in [3.63, 3.8) is 0 Å². The summed E-state index contributed by atoms with van der Waals surface area (Å²) in [5, 5.41) is 0. The number of hydrogen-bond acceptors (Lipinski definition) is 1. The molecule has 0 atom stereocenters. The molecular weight excluding hydrogens is 160 g/mol. The van der Waals surface area contributed by atoms with Gasteiger partial charge in [-0.25, -0.2) is 0 Å². The van der Waals surface area contributed by atoms with Gasteiger partial charge in [0.2, 0.25) is 0 Å². The fourth-order valence-electron chi connectivity index (χ4n) is 1.06. The van der Waals surface area contributed by atoms with Gasteiger partial charge in [-0.3, -0.25) is 0 Å². The summed E-state index contributed by atoms with van der Waals surface area (Å²) in [5.41, 5.74) is 0. The highest BCUT2D eigenvalue weighted by atomic mass is 16.4. The second-order valence-corrected chi connectivity index (χ2v) is 2.53. The van der Waals surface area contributed by atoms with E-state index in [1.807, 2.05) is 27.7 Å². The van der Waals surface area contributed by atoms with Crippen LogP contribution in [0.2, 0.25) is 0 Å². The second kappa shape index (κ2) is 29.7. The second-order valence-electron chi connectivity index (χ2n) is 2.53. The smallest absolute Gasteiger partial charge is 0.0351 e. The summed E-state index contributed by atoms with van der Waals surface area (Å²) in [6.45, 7) is 8.00. The lowest BCUT2D eigenvalue weighted by Gasteiger charge is -2.05. The van der Waals surface area contributed by atoms with E-state index in [-0.39, 0.29) is 0 Å². The molecule has 0 unspecified atom stereocenters. The van der Waals surface area contributed by atoms with Gasteiger partial charge in [0.1, 0.15) is 0 Å². The van der Waals surface area contributed by atoms with Crippen LogP contribution in [-0.2, 0) is 4.74 Å². The average Bonchev–Trinajstić information content (AvgIpc) is 2.27. The number of methoxy groups -OCH3 is 1. The summed E-state index contributed by atoms with van der Waals surface area (Å²) in [6.07, 6.45) is 9.00. The fraction of sp³-hybridized carbons (Fsp3) is 1.00. The third kappa shape index (κ3) is 33.4. The van der Waals surface area contributed by atoms with Gasteiger partial charge in [-0.1, -0.05) is 66.2 Å². The Morgan fingerprint density at radius 2 is 0.615 bits per heavy atom. The monoisotopic (exact) mass is 190 g/mol. The van der Waals surface area contributed by atoms with Crippen molar-refractivity contribution in [3.05, 3.63) is 0 Å². The van der Waals surface area contributed by atoms with Crippen molar-refractivity contribution in [3.8, 4) is 0 Å². The molecule has 0 aromatic rings. The van der Waals surface area contributed by atoms with E-state index in [4.69, 9.17) is 0 Å². The van der Waals surface area contributed by atoms with Gasteiger partial charge < -0.3 is 4.74 Å². The van der Waals surface area contributed by atoms with E-state index in [9.17, 15) is 0 Å². The SMILES string of the molecule is C1CCCCC1.CC.CC.COC. The van der Waals surface area contributed by atoms with Crippen molar-refractivity contribution < 1.29 is 4.74 Å². The van der Waals surface area contributed by atoms with E-state index < -0.39 is 0 Å². The maximum atomic E-state index is 4.25. The summed E-state index contributed by atoms with van der Waals surface area (Å²) >= 11 is 0. The molecule has 13 heavy (non-hydrogen) atoms. The maximum Gasteiger partial charge on any atom is 0.0351 e. The predicted molar refractivity (Wildman–Crippen MR) is 63.3 cm³/mol. The van der Waals surface area contributed by atoms with E-state index in [2.05, 4.69) is 4.74 Å². The Morgan fingerprint density at radius 1 is 0.538 bits per heavy atom. The standard InChI is InChI=1S/C6H12.C2H6O.2C2H6/c1-2-4-6-5-3-1;1-3-2;2*1-2/h1-6H2;1-2H3;2*1-2H3. The third-order valence-electron chi connectivity index (χ3n) is 1.50. The van der Waals surface area contributed by atoms with Crippen LogP contribution < -0.4 is 0 Å². The molecular formula is C12H30O. The summed E-state index contributed by atoms with van der Waals surface area (Å²) in [7, 11) is 3.25. The first kappa shape index (κ1) is 18.7. The lowest BCUT2D eigenvalue weighted by atomic mass is 10.0. The Kier molecular flexibility index (Phi) is 42.6.